The summed E-state index contributed by atoms with van der Waals surface area (Å²) >= 11 is 0.322. The molecular weight excluding hydrogens is 419 g/mol. The summed E-state index contributed by atoms with van der Waals surface area (Å²) < 4.78 is 89.9. The van der Waals surface area contributed by atoms with Crippen LogP contribution in [0.25, 0.3) is 11.3 Å². The van der Waals surface area contributed by atoms with Crippen LogP contribution in [0.15, 0.2) is 26.6 Å². The molecule has 0 aliphatic carbocycles. The number of hydrogen-bond donors (Lipinski definition) is 0. The maximum Gasteiger partial charge on any atom is 0.406 e. The first-order valence-electron chi connectivity index (χ1n) is 7.44. The fourth-order valence-corrected chi connectivity index (χ4v) is 3.07. The summed E-state index contributed by atoms with van der Waals surface area (Å²) in [5.41, 5.74) is -4.17. The Kier molecular flexibility index (Phi) is 5.97. The van der Waals surface area contributed by atoms with Crippen LogP contribution in [-0.4, -0.2) is 32.5 Å². The monoisotopic (exact) mass is 431 g/mol. The van der Waals surface area contributed by atoms with Crippen molar-refractivity contribution in [2.24, 2.45) is 7.05 Å². The summed E-state index contributed by atoms with van der Waals surface area (Å²) in [6.07, 6.45) is -9.42. The van der Waals surface area contributed by atoms with Crippen LogP contribution in [0.4, 0.5) is 30.7 Å². The molecule has 0 aliphatic heterocycles. The fraction of sp³-hybridized carbons (Fsp3) is 0.400. The molecule has 2 aromatic rings. The molecule has 0 saturated heterocycles. The Hall–Kier alpha value is -2.31. The number of benzene rings is 1. The lowest BCUT2D eigenvalue weighted by Gasteiger charge is -2.14. The molecule has 0 N–H and O–H groups in total. The average Bonchev–Trinajstić information content (AvgIpc) is 2.53. The Bertz CT molecular complexity index is 1010. The molecule has 0 atom stereocenters. The number of aromatic nitrogens is 3. The van der Waals surface area contributed by atoms with Crippen molar-refractivity contribution in [2.75, 3.05) is 5.75 Å². The second kappa shape index (κ2) is 7.60. The largest absolute Gasteiger partial charge is 0.406 e. The molecule has 13 heteroatoms. The molecule has 0 aliphatic rings. The maximum absolute atomic E-state index is 14.3. The van der Waals surface area contributed by atoms with Crippen molar-refractivity contribution >= 4 is 11.8 Å². The van der Waals surface area contributed by atoms with E-state index in [0.717, 1.165) is 19.2 Å². The van der Waals surface area contributed by atoms with E-state index in [1.165, 1.54) is 6.92 Å². The van der Waals surface area contributed by atoms with E-state index in [2.05, 4.69) is 5.10 Å². The zero-order valence-electron chi connectivity index (χ0n) is 14.3. The summed E-state index contributed by atoms with van der Waals surface area (Å²) in [6, 6.07) is 1.74. The lowest BCUT2D eigenvalue weighted by molar-refractivity contribution is -0.142. The zero-order valence-corrected chi connectivity index (χ0v) is 15.1. The van der Waals surface area contributed by atoms with Crippen LogP contribution in [0.2, 0.25) is 0 Å². The van der Waals surface area contributed by atoms with Crippen LogP contribution in [-0.2, 0) is 13.6 Å². The molecule has 1 aromatic heterocycles. The minimum absolute atomic E-state index is 0.0360. The zero-order chi connectivity index (χ0) is 21.4. The average molecular weight is 431 g/mol. The Morgan fingerprint density at radius 1 is 1.07 bits per heavy atom. The molecule has 0 radical (unpaired) electrons. The van der Waals surface area contributed by atoms with Crippen molar-refractivity contribution in [3.63, 3.8) is 0 Å². The minimum atomic E-state index is -4.91. The molecule has 0 bridgehead atoms. The summed E-state index contributed by atoms with van der Waals surface area (Å²) in [5.74, 6) is -2.37. The third-order valence-corrected chi connectivity index (χ3v) is 4.68. The van der Waals surface area contributed by atoms with Gasteiger partial charge in [-0.05, 0) is 24.6 Å². The number of halogens is 7. The van der Waals surface area contributed by atoms with Crippen molar-refractivity contribution in [3.05, 3.63) is 44.4 Å². The third-order valence-electron chi connectivity index (χ3n) is 3.45. The van der Waals surface area contributed by atoms with Gasteiger partial charge >= 0.3 is 18.0 Å². The van der Waals surface area contributed by atoms with Gasteiger partial charge in [0, 0.05) is 17.5 Å². The Labute approximate surface area is 156 Å². The van der Waals surface area contributed by atoms with E-state index >= 15 is 0 Å². The first-order chi connectivity index (χ1) is 12.7. The van der Waals surface area contributed by atoms with Gasteiger partial charge in [0.15, 0.2) is 5.69 Å². The van der Waals surface area contributed by atoms with Gasteiger partial charge in [-0.1, -0.05) is 0 Å². The molecule has 28 heavy (non-hydrogen) atoms. The number of alkyl halides is 6. The molecule has 0 spiro atoms. The van der Waals surface area contributed by atoms with Gasteiger partial charge in [-0.25, -0.2) is 18.4 Å². The van der Waals surface area contributed by atoms with E-state index in [9.17, 15) is 40.3 Å². The Morgan fingerprint density at radius 2 is 1.68 bits per heavy atom. The fourth-order valence-electron chi connectivity index (χ4n) is 2.26. The molecule has 1 heterocycles. The van der Waals surface area contributed by atoms with Crippen molar-refractivity contribution in [1.82, 2.24) is 14.3 Å². The molecule has 0 amide bonds. The maximum atomic E-state index is 14.3. The molecule has 0 saturated carbocycles. The van der Waals surface area contributed by atoms with Gasteiger partial charge in [-0.2, -0.15) is 31.4 Å². The van der Waals surface area contributed by atoms with E-state index in [1.807, 2.05) is 0 Å². The molecular formula is C15H12F7N3O2S. The van der Waals surface area contributed by atoms with Crippen molar-refractivity contribution < 1.29 is 30.7 Å². The highest BCUT2D eigenvalue weighted by Gasteiger charge is 2.31. The summed E-state index contributed by atoms with van der Waals surface area (Å²) in [7, 11) is 0.962. The van der Waals surface area contributed by atoms with Crippen LogP contribution >= 0.6 is 11.8 Å². The summed E-state index contributed by atoms with van der Waals surface area (Å²) in [5, 5.41) is 3.51. The van der Waals surface area contributed by atoms with Crippen molar-refractivity contribution in [3.8, 4) is 11.3 Å². The van der Waals surface area contributed by atoms with Crippen molar-refractivity contribution in [1.29, 1.82) is 0 Å². The van der Waals surface area contributed by atoms with E-state index in [-0.39, 0.29) is 15.0 Å². The highest BCUT2D eigenvalue weighted by molar-refractivity contribution is 7.99. The van der Waals surface area contributed by atoms with Gasteiger partial charge < -0.3 is 0 Å². The molecule has 0 unspecified atom stereocenters. The van der Waals surface area contributed by atoms with Gasteiger partial charge in [0.25, 0.3) is 5.56 Å². The highest BCUT2D eigenvalue weighted by Crippen LogP contribution is 2.33. The standard InChI is InChI=1S/C15H12F7N3O2S/c1-7-3-9(16)8(4-10(7)28-6-15(20,21)22)11-12(26)25(5-14(17,18)19)13(27)24(2)23-11/h3-4H,5-6H2,1-2H3. The van der Waals surface area contributed by atoms with Gasteiger partial charge in [0.05, 0.1) is 5.75 Å². The number of rotatable bonds is 4. The normalized spacial score (nSPS) is 12.5. The van der Waals surface area contributed by atoms with Crippen molar-refractivity contribution in [2.45, 2.75) is 30.7 Å². The summed E-state index contributed by atoms with van der Waals surface area (Å²) in [4.78, 5) is 24.1. The second-order valence-electron chi connectivity index (χ2n) is 5.76. The predicted molar refractivity (Wildman–Crippen MR) is 86.7 cm³/mol. The molecule has 5 nitrogen and oxygen atoms in total. The Morgan fingerprint density at radius 3 is 2.21 bits per heavy atom. The topological polar surface area (TPSA) is 56.9 Å². The molecule has 1 aromatic carbocycles. The lowest BCUT2D eigenvalue weighted by Crippen LogP contribution is -2.44. The van der Waals surface area contributed by atoms with E-state index < -0.39 is 53.0 Å². The van der Waals surface area contributed by atoms with Gasteiger partial charge in [0.2, 0.25) is 0 Å². The van der Waals surface area contributed by atoms with E-state index in [0.29, 0.717) is 16.4 Å². The van der Waals surface area contributed by atoms with Crippen LogP contribution in [0, 0.1) is 12.7 Å². The third kappa shape index (κ3) is 5.14. The quantitative estimate of drug-likeness (QED) is 0.551. The molecule has 0 fully saturated rings. The van der Waals surface area contributed by atoms with Gasteiger partial charge in [0.1, 0.15) is 12.4 Å². The number of aryl methyl sites for hydroxylation is 2. The smallest absolute Gasteiger partial charge is 0.267 e. The van der Waals surface area contributed by atoms with Crippen LogP contribution in [0.1, 0.15) is 5.56 Å². The second-order valence-corrected chi connectivity index (χ2v) is 6.78. The van der Waals surface area contributed by atoms with E-state index in [4.69, 9.17) is 0 Å². The van der Waals surface area contributed by atoms with Crippen LogP contribution in [0.5, 0.6) is 0 Å². The summed E-state index contributed by atoms with van der Waals surface area (Å²) in [6.45, 7) is -0.584. The number of hydrogen-bond acceptors (Lipinski definition) is 4. The minimum Gasteiger partial charge on any atom is -0.267 e. The first kappa shape index (κ1) is 22.0. The van der Waals surface area contributed by atoms with E-state index in [1.54, 1.807) is 0 Å². The number of thioether (sulfide) groups is 1. The highest BCUT2D eigenvalue weighted by atomic mass is 32.2. The van der Waals surface area contributed by atoms with Crippen LogP contribution < -0.4 is 11.2 Å². The van der Waals surface area contributed by atoms with Gasteiger partial charge in [-0.15, -0.1) is 11.8 Å². The SMILES string of the molecule is Cc1cc(F)c(-c2nn(C)c(=O)n(CC(F)(F)F)c2=O)cc1SCC(F)(F)F. The molecule has 2 rings (SSSR count). The lowest BCUT2D eigenvalue weighted by atomic mass is 10.1. The number of nitrogens with zero attached hydrogens (tertiary/aromatic N) is 3. The molecule has 154 valence electrons. The van der Waals surface area contributed by atoms with Gasteiger partial charge in [-0.3, -0.25) is 4.79 Å². The Balaban J connectivity index is 2.65. The van der Waals surface area contributed by atoms with Crippen LogP contribution in [0.3, 0.4) is 0 Å². The first-order valence-corrected chi connectivity index (χ1v) is 8.43. The predicted octanol–water partition coefficient (Wildman–Crippen LogP) is 3.27.